The predicted octanol–water partition coefficient (Wildman–Crippen LogP) is 3.69. The second kappa shape index (κ2) is 9.47. The fourth-order valence-corrected chi connectivity index (χ4v) is 4.51. The molecule has 1 aliphatic rings. The summed E-state index contributed by atoms with van der Waals surface area (Å²) in [7, 11) is -1.05. The van der Waals surface area contributed by atoms with Crippen LogP contribution in [0.4, 0.5) is 10.5 Å². The molecule has 1 saturated heterocycles. The van der Waals surface area contributed by atoms with Gasteiger partial charge in [0.15, 0.2) is 11.5 Å². The molecule has 0 spiro atoms. The Morgan fingerprint density at radius 2 is 1.71 bits per heavy atom. The SMILES string of the molecule is CCCN1CCN(c2ccc(S(=O)(=O)Oc3cc(CC)c(OC)c(OC)c3)cc2)C1=O. The Bertz CT molecular complexity index is 1010. The molecule has 9 heteroatoms. The molecule has 0 atom stereocenters. The number of carbonyl (C=O) groups is 1. The van der Waals surface area contributed by atoms with Gasteiger partial charge in [-0.3, -0.25) is 4.90 Å². The molecule has 8 nitrogen and oxygen atoms in total. The topological polar surface area (TPSA) is 85.4 Å². The van der Waals surface area contributed by atoms with E-state index in [1.54, 1.807) is 28.0 Å². The highest BCUT2D eigenvalue weighted by Crippen LogP contribution is 2.37. The first-order valence-electron chi connectivity index (χ1n) is 10.2. The van der Waals surface area contributed by atoms with E-state index < -0.39 is 10.1 Å². The van der Waals surface area contributed by atoms with Crippen LogP contribution in [0.3, 0.4) is 0 Å². The third-order valence-corrected chi connectivity index (χ3v) is 6.40. The Kier molecular flexibility index (Phi) is 6.94. The number of ether oxygens (including phenoxy) is 2. The van der Waals surface area contributed by atoms with Gasteiger partial charge in [-0.15, -0.1) is 0 Å². The van der Waals surface area contributed by atoms with E-state index in [4.69, 9.17) is 13.7 Å². The quantitative estimate of drug-likeness (QED) is 0.544. The van der Waals surface area contributed by atoms with Gasteiger partial charge in [0.2, 0.25) is 0 Å². The number of carbonyl (C=O) groups excluding carboxylic acids is 1. The zero-order chi connectivity index (χ0) is 22.6. The molecule has 0 radical (unpaired) electrons. The second-order valence-corrected chi connectivity index (χ2v) is 8.67. The van der Waals surface area contributed by atoms with Crippen LogP contribution in [0, 0.1) is 0 Å². The van der Waals surface area contributed by atoms with E-state index in [1.165, 1.54) is 32.4 Å². The van der Waals surface area contributed by atoms with Crippen molar-refractivity contribution in [1.29, 1.82) is 0 Å². The van der Waals surface area contributed by atoms with Gasteiger partial charge in [0.1, 0.15) is 10.6 Å². The lowest BCUT2D eigenvalue weighted by Crippen LogP contribution is -2.32. The molecular formula is C22H28N2O6S. The highest BCUT2D eigenvalue weighted by molar-refractivity contribution is 7.87. The lowest BCUT2D eigenvalue weighted by molar-refractivity contribution is 0.220. The molecular weight excluding hydrogens is 420 g/mol. The molecule has 0 saturated carbocycles. The van der Waals surface area contributed by atoms with E-state index in [-0.39, 0.29) is 16.7 Å². The van der Waals surface area contributed by atoms with Crippen LogP contribution in [0.2, 0.25) is 0 Å². The van der Waals surface area contributed by atoms with Gasteiger partial charge in [-0.2, -0.15) is 8.42 Å². The van der Waals surface area contributed by atoms with Crippen LogP contribution in [0.1, 0.15) is 25.8 Å². The minimum atomic E-state index is -4.07. The lowest BCUT2D eigenvalue weighted by atomic mass is 10.1. The largest absolute Gasteiger partial charge is 0.493 e. The zero-order valence-corrected chi connectivity index (χ0v) is 19.1. The molecule has 0 bridgehead atoms. The van der Waals surface area contributed by atoms with Crippen molar-refractivity contribution in [3.8, 4) is 17.2 Å². The third kappa shape index (κ3) is 4.71. The van der Waals surface area contributed by atoms with Gasteiger partial charge in [0.05, 0.1) is 14.2 Å². The van der Waals surface area contributed by atoms with Gasteiger partial charge in [0.25, 0.3) is 0 Å². The van der Waals surface area contributed by atoms with E-state index in [0.717, 1.165) is 12.0 Å². The van der Waals surface area contributed by atoms with Crippen LogP contribution in [-0.4, -0.2) is 53.2 Å². The number of amides is 2. The minimum Gasteiger partial charge on any atom is -0.493 e. The predicted molar refractivity (Wildman–Crippen MR) is 118 cm³/mol. The summed E-state index contributed by atoms with van der Waals surface area (Å²) in [4.78, 5) is 15.9. The summed E-state index contributed by atoms with van der Waals surface area (Å²) >= 11 is 0. The highest BCUT2D eigenvalue weighted by Gasteiger charge is 2.29. The summed E-state index contributed by atoms with van der Waals surface area (Å²) in [6.45, 7) is 5.90. The molecule has 168 valence electrons. The number of hydrogen-bond acceptors (Lipinski definition) is 6. The number of anilines is 1. The maximum Gasteiger partial charge on any atom is 0.339 e. The van der Waals surface area contributed by atoms with Crippen LogP contribution in [0.5, 0.6) is 17.2 Å². The molecule has 3 rings (SSSR count). The summed E-state index contributed by atoms with van der Waals surface area (Å²) in [5.74, 6) is 1.08. The van der Waals surface area contributed by atoms with Crippen molar-refractivity contribution in [3.63, 3.8) is 0 Å². The maximum atomic E-state index is 12.8. The first kappa shape index (κ1) is 22.7. The fraction of sp³-hybridized carbons (Fsp3) is 0.409. The molecule has 1 aliphatic heterocycles. The van der Waals surface area contributed by atoms with Crippen LogP contribution in [-0.2, 0) is 16.5 Å². The van der Waals surface area contributed by atoms with Crippen molar-refractivity contribution in [2.45, 2.75) is 31.6 Å². The molecule has 2 amide bonds. The van der Waals surface area contributed by atoms with Crippen LogP contribution >= 0.6 is 0 Å². The highest BCUT2D eigenvalue weighted by atomic mass is 32.2. The number of urea groups is 1. The Balaban J connectivity index is 1.81. The Labute approximate surface area is 183 Å². The number of rotatable bonds is 9. The van der Waals surface area contributed by atoms with Crippen molar-refractivity contribution in [2.24, 2.45) is 0 Å². The van der Waals surface area contributed by atoms with Gasteiger partial charge in [-0.05, 0) is 43.2 Å². The van der Waals surface area contributed by atoms with Crippen LogP contribution < -0.4 is 18.6 Å². The number of nitrogens with zero attached hydrogens (tertiary/aromatic N) is 2. The number of hydrogen-bond donors (Lipinski definition) is 0. The fourth-order valence-electron chi connectivity index (χ4n) is 3.59. The second-order valence-electron chi connectivity index (χ2n) is 7.12. The Hall–Kier alpha value is -2.94. The van der Waals surface area contributed by atoms with Gasteiger partial charge in [-0.1, -0.05) is 13.8 Å². The van der Waals surface area contributed by atoms with E-state index in [0.29, 0.717) is 43.2 Å². The maximum absolute atomic E-state index is 12.8. The normalized spacial score (nSPS) is 14.1. The first-order chi connectivity index (χ1) is 14.8. The van der Waals surface area contributed by atoms with Gasteiger partial charge in [0, 0.05) is 37.0 Å². The molecule has 0 N–H and O–H groups in total. The summed E-state index contributed by atoms with van der Waals surface area (Å²) in [6.07, 6.45) is 1.51. The molecule has 31 heavy (non-hydrogen) atoms. The molecule has 0 aliphatic carbocycles. The van der Waals surface area contributed by atoms with Gasteiger partial charge >= 0.3 is 16.1 Å². The smallest absolute Gasteiger partial charge is 0.339 e. The molecule has 1 fully saturated rings. The summed E-state index contributed by atoms with van der Waals surface area (Å²) in [5.41, 5.74) is 1.42. The average molecular weight is 449 g/mol. The summed E-state index contributed by atoms with van der Waals surface area (Å²) in [6, 6.07) is 9.18. The van der Waals surface area contributed by atoms with Crippen molar-refractivity contribution < 1.29 is 26.9 Å². The first-order valence-corrected chi connectivity index (χ1v) is 11.6. The number of methoxy groups -OCH3 is 2. The molecule has 1 heterocycles. The van der Waals surface area contributed by atoms with E-state index in [1.807, 2.05) is 13.8 Å². The lowest BCUT2D eigenvalue weighted by Gasteiger charge is -2.18. The molecule has 0 unspecified atom stereocenters. The molecule has 2 aromatic rings. The van der Waals surface area contributed by atoms with Crippen molar-refractivity contribution in [2.75, 3.05) is 38.8 Å². The van der Waals surface area contributed by atoms with Crippen molar-refractivity contribution in [3.05, 3.63) is 42.0 Å². The summed E-state index contributed by atoms with van der Waals surface area (Å²) in [5, 5.41) is 0. The Morgan fingerprint density at radius 1 is 1.00 bits per heavy atom. The molecule has 0 aromatic heterocycles. The number of benzene rings is 2. The molecule has 2 aromatic carbocycles. The zero-order valence-electron chi connectivity index (χ0n) is 18.3. The van der Waals surface area contributed by atoms with Gasteiger partial charge < -0.3 is 18.6 Å². The Morgan fingerprint density at radius 3 is 2.29 bits per heavy atom. The van der Waals surface area contributed by atoms with Gasteiger partial charge in [-0.25, -0.2) is 4.79 Å². The van der Waals surface area contributed by atoms with E-state index in [2.05, 4.69) is 0 Å². The van der Waals surface area contributed by atoms with E-state index >= 15 is 0 Å². The van der Waals surface area contributed by atoms with E-state index in [9.17, 15) is 13.2 Å². The monoisotopic (exact) mass is 448 g/mol. The van der Waals surface area contributed by atoms with Crippen molar-refractivity contribution >= 4 is 21.8 Å². The van der Waals surface area contributed by atoms with Crippen molar-refractivity contribution in [1.82, 2.24) is 4.90 Å². The average Bonchev–Trinajstić information content (AvgIpc) is 3.13. The number of aryl methyl sites for hydroxylation is 1. The summed E-state index contributed by atoms with van der Waals surface area (Å²) < 4.78 is 41.6. The third-order valence-electron chi connectivity index (χ3n) is 5.14. The standard InChI is InChI=1S/C22H28N2O6S/c1-5-11-23-12-13-24(22(23)25)17-7-9-19(10-8-17)31(26,27)30-18-14-16(6-2)21(29-4)20(15-18)28-3/h7-10,14-15H,5-6,11-13H2,1-4H3. The van der Waals surface area contributed by atoms with Crippen LogP contribution in [0.25, 0.3) is 0 Å². The minimum absolute atomic E-state index is 0.00106. The van der Waals surface area contributed by atoms with Crippen LogP contribution in [0.15, 0.2) is 41.3 Å².